The molecule has 0 aliphatic carbocycles. The summed E-state index contributed by atoms with van der Waals surface area (Å²) in [7, 11) is 0. The predicted octanol–water partition coefficient (Wildman–Crippen LogP) is 3.99. The normalized spacial score (nSPS) is 11.5. The van der Waals surface area contributed by atoms with E-state index in [9.17, 15) is 27.6 Å². The van der Waals surface area contributed by atoms with Gasteiger partial charge in [0.15, 0.2) is 5.69 Å². The number of esters is 1. The molecule has 1 aromatic carbocycles. The van der Waals surface area contributed by atoms with E-state index >= 15 is 0 Å². The highest BCUT2D eigenvalue weighted by Crippen LogP contribution is 2.32. The van der Waals surface area contributed by atoms with Crippen LogP contribution >= 0.6 is 11.3 Å². The van der Waals surface area contributed by atoms with E-state index < -0.39 is 23.3 Å². The SMILES string of the molecule is CCOC(=O)c1nn(-c2ccc(C(F)(F)F)cc2)c(=O)c2c(NC(=O)CC)scc12. The molecule has 0 bridgehead atoms. The smallest absolute Gasteiger partial charge is 0.416 e. The number of anilines is 1. The molecule has 1 N–H and O–H groups in total. The largest absolute Gasteiger partial charge is 0.461 e. The van der Waals surface area contributed by atoms with Gasteiger partial charge in [-0.1, -0.05) is 6.92 Å². The third kappa shape index (κ3) is 4.06. The lowest BCUT2D eigenvalue weighted by atomic mass is 10.2. The number of fused-ring (bicyclic) bond motifs is 1. The summed E-state index contributed by atoms with van der Waals surface area (Å²) < 4.78 is 44.4. The van der Waals surface area contributed by atoms with Crippen LogP contribution in [0.1, 0.15) is 36.3 Å². The van der Waals surface area contributed by atoms with Gasteiger partial charge in [0.1, 0.15) is 5.00 Å². The Morgan fingerprint density at radius 3 is 2.43 bits per heavy atom. The van der Waals surface area contributed by atoms with E-state index in [1.165, 1.54) is 5.38 Å². The molecule has 0 spiro atoms. The first-order valence-corrected chi connectivity index (χ1v) is 9.74. The van der Waals surface area contributed by atoms with Gasteiger partial charge in [0.25, 0.3) is 5.56 Å². The Bertz CT molecular complexity index is 1170. The van der Waals surface area contributed by atoms with Crippen LogP contribution in [0, 0.1) is 0 Å². The van der Waals surface area contributed by atoms with Gasteiger partial charge in [-0.05, 0) is 31.2 Å². The van der Waals surface area contributed by atoms with E-state index in [4.69, 9.17) is 4.74 Å². The number of rotatable bonds is 5. The standard InChI is InChI=1S/C19H16F3N3O4S/c1-3-13(26)23-16-14-12(9-30-16)15(18(28)29-4-2)24-25(17(14)27)11-7-5-10(6-8-11)19(20,21)22/h5-9H,3-4H2,1-2H3,(H,23,26). The zero-order valence-corrected chi connectivity index (χ0v) is 16.7. The van der Waals surface area contributed by atoms with Crippen molar-refractivity contribution in [1.82, 2.24) is 9.78 Å². The molecule has 1 amide bonds. The number of nitrogens with zero attached hydrogens (tertiary/aromatic N) is 2. The Morgan fingerprint density at radius 2 is 1.87 bits per heavy atom. The van der Waals surface area contributed by atoms with Gasteiger partial charge in [0, 0.05) is 17.2 Å². The molecular weight excluding hydrogens is 423 g/mol. The Labute approximate surface area is 172 Å². The number of ether oxygens (including phenoxy) is 1. The van der Waals surface area contributed by atoms with E-state index in [1.807, 2.05) is 0 Å². The summed E-state index contributed by atoms with van der Waals surface area (Å²) in [5, 5.41) is 8.57. The van der Waals surface area contributed by atoms with Gasteiger partial charge >= 0.3 is 12.1 Å². The average molecular weight is 439 g/mol. The number of halogens is 3. The van der Waals surface area contributed by atoms with Crippen molar-refractivity contribution >= 4 is 39.0 Å². The van der Waals surface area contributed by atoms with Crippen molar-refractivity contribution in [1.29, 1.82) is 0 Å². The van der Waals surface area contributed by atoms with Crippen molar-refractivity contribution in [2.24, 2.45) is 0 Å². The summed E-state index contributed by atoms with van der Waals surface area (Å²) in [5.74, 6) is -1.14. The molecule has 0 fully saturated rings. The van der Waals surface area contributed by atoms with E-state index in [0.717, 1.165) is 40.3 Å². The van der Waals surface area contributed by atoms with Crippen molar-refractivity contribution in [3.63, 3.8) is 0 Å². The third-order valence-electron chi connectivity index (χ3n) is 4.13. The molecule has 0 atom stereocenters. The van der Waals surface area contributed by atoms with Gasteiger partial charge in [0.2, 0.25) is 5.91 Å². The first-order chi connectivity index (χ1) is 14.2. The molecule has 2 heterocycles. The fourth-order valence-corrected chi connectivity index (χ4v) is 3.63. The van der Waals surface area contributed by atoms with Crippen LogP contribution < -0.4 is 10.9 Å². The molecule has 0 radical (unpaired) electrons. The Hall–Kier alpha value is -3.21. The zero-order valence-electron chi connectivity index (χ0n) is 15.9. The molecule has 30 heavy (non-hydrogen) atoms. The molecule has 2 aromatic heterocycles. The topological polar surface area (TPSA) is 90.3 Å². The minimum absolute atomic E-state index is 0.0272. The second-order valence-corrected chi connectivity index (χ2v) is 6.97. The maximum Gasteiger partial charge on any atom is 0.416 e. The van der Waals surface area contributed by atoms with Crippen molar-refractivity contribution in [3.8, 4) is 5.69 Å². The number of benzene rings is 1. The number of thiophene rings is 1. The quantitative estimate of drug-likeness (QED) is 0.607. The van der Waals surface area contributed by atoms with E-state index in [1.54, 1.807) is 13.8 Å². The Balaban J connectivity index is 2.24. The number of nitrogens with one attached hydrogen (secondary N) is 1. The number of hydrogen-bond donors (Lipinski definition) is 1. The molecule has 158 valence electrons. The van der Waals surface area contributed by atoms with Crippen LogP contribution in [-0.4, -0.2) is 28.3 Å². The van der Waals surface area contributed by atoms with Crippen LogP contribution in [-0.2, 0) is 15.7 Å². The Morgan fingerprint density at radius 1 is 1.20 bits per heavy atom. The van der Waals surface area contributed by atoms with Crippen LogP contribution in [0.2, 0.25) is 0 Å². The average Bonchev–Trinajstić information content (AvgIpc) is 3.12. The van der Waals surface area contributed by atoms with Crippen molar-refractivity contribution in [3.05, 3.63) is 51.3 Å². The number of alkyl halides is 3. The van der Waals surface area contributed by atoms with Crippen molar-refractivity contribution in [2.45, 2.75) is 26.4 Å². The summed E-state index contributed by atoms with van der Waals surface area (Å²) >= 11 is 1.04. The lowest BCUT2D eigenvalue weighted by molar-refractivity contribution is -0.137. The lowest BCUT2D eigenvalue weighted by Gasteiger charge is -2.11. The molecule has 3 aromatic rings. The molecule has 7 nitrogen and oxygen atoms in total. The highest BCUT2D eigenvalue weighted by molar-refractivity contribution is 7.16. The highest BCUT2D eigenvalue weighted by atomic mass is 32.1. The summed E-state index contributed by atoms with van der Waals surface area (Å²) in [6.45, 7) is 3.30. The van der Waals surface area contributed by atoms with Crippen molar-refractivity contribution < 1.29 is 27.5 Å². The number of carbonyl (C=O) groups excluding carboxylic acids is 2. The molecule has 3 rings (SSSR count). The molecule has 11 heteroatoms. The van der Waals surface area contributed by atoms with Gasteiger partial charge in [0.05, 0.1) is 23.2 Å². The van der Waals surface area contributed by atoms with Crippen LogP contribution in [0.3, 0.4) is 0 Å². The first-order valence-electron chi connectivity index (χ1n) is 8.86. The number of aromatic nitrogens is 2. The number of amides is 1. The van der Waals surface area contributed by atoms with Gasteiger partial charge in [-0.3, -0.25) is 9.59 Å². The minimum Gasteiger partial charge on any atom is -0.461 e. The molecule has 0 saturated carbocycles. The van der Waals surface area contributed by atoms with E-state index in [-0.39, 0.29) is 46.1 Å². The molecule has 0 unspecified atom stereocenters. The minimum atomic E-state index is -4.54. The number of carbonyl (C=O) groups is 2. The molecule has 0 saturated heterocycles. The summed E-state index contributed by atoms with van der Waals surface area (Å²) in [4.78, 5) is 37.3. The zero-order chi connectivity index (χ0) is 22.1. The summed E-state index contributed by atoms with van der Waals surface area (Å²) in [5.41, 5.74) is -1.73. The van der Waals surface area contributed by atoms with Gasteiger partial charge in [-0.15, -0.1) is 11.3 Å². The maximum atomic E-state index is 13.1. The predicted molar refractivity (Wildman–Crippen MR) is 105 cm³/mol. The van der Waals surface area contributed by atoms with Crippen molar-refractivity contribution in [2.75, 3.05) is 11.9 Å². The summed E-state index contributed by atoms with van der Waals surface area (Å²) in [6, 6.07) is 3.78. The Kier molecular flexibility index (Phi) is 5.92. The van der Waals surface area contributed by atoms with Gasteiger partial charge in [-0.2, -0.15) is 23.0 Å². The van der Waals surface area contributed by atoms with Gasteiger partial charge in [-0.25, -0.2) is 4.79 Å². The second-order valence-electron chi connectivity index (χ2n) is 6.09. The second kappa shape index (κ2) is 8.27. The fraction of sp³-hybridized carbons (Fsp3) is 0.263. The molecule has 0 aliphatic heterocycles. The molecule has 0 aliphatic rings. The fourth-order valence-electron chi connectivity index (χ4n) is 2.67. The van der Waals surface area contributed by atoms with Crippen LogP contribution in [0.25, 0.3) is 16.5 Å². The third-order valence-corrected chi connectivity index (χ3v) is 5.03. The van der Waals surface area contributed by atoms with Crippen LogP contribution in [0.5, 0.6) is 0 Å². The lowest BCUT2D eigenvalue weighted by Crippen LogP contribution is -2.25. The highest BCUT2D eigenvalue weighted by Gasteiger charge is 2.30. The first kappa shape index (κ1) is 21.5. The van der Waals surface area contributed by atoms with Gasteiger partial charge < -0.3 is 10.1 Å². The maximum absolute atomic E-state index is 13.1. The van der Waals surface area contributed by atoms with E-state index in [2.05, 4.69) is 10.4 Å². The summed E-state index contributed by atoms with van der Waals surface area (Å²) in [6.07, 6.45) is -4.37. The van der Waals surface area contributed by atoms with Crippen LogP contribution in [0.15, 0.2) is 34.4 Å². The molecular formula is C19H16F3N3O4S. The monoisotopic (exact) mass is 439 g/mol. The number of hydrogen-bond acceptors (Lipinski definition) is 6. The van der Waals surface area contributed by atoms with Crippen LogP contribution in [0.4, 0.5) is 18.2 Å². The van der Waals surface area contributed by atoms with E-state index in [0.29, 0.717) is 0 Å².